The molecule has 0 fully saturated rings. The zero-order valence-corrected chi connectivity index (χ0v) is 9.81. The van der Waals surface area contributed by atoms with E-state index in [1.165, 1.54) is 0 Å². The van der Waals surface area contributed by atoms with Gasteiger partial charge in [-0.05, 0) is 18.1 Å². The summed E-state index contributed by atoms with van der Waals surface area (Å²) in [6.45, 7) is 2.06. The van der Waals surface area contributed by atoms with Crippen molar-refractivity contribution >= 4 is 0 Å². The molecule has 0 spiro atoms. The number of aromatic amines is 1. The molecule has 0 unspecified atom stereocenters. The fourth-order valence-electron chi connectivity index (χ4n) is 1.72. The summed E-state index contributed by atoms with van der Waals surface area (Å²) in [5.41, 5.74) is 1.78. The molecule has 0 atom stereocenters. The van der Waals surface area contributed by atoms with Gasteiger partial charge in [-0.15, -0.1) is 0 Å². The van der Waals surface area contributed by atoms with Crippen molar-refractivity contribution in [3.05, 3.63) is 58.0 Å². The molecule has 4 heteroatoms. The molecule has 0 radical (unpaired) electrons. The molecule has 0 aliphatic heterocycles. The van der Waals surface area contributed by atoms with Gasteiger partial charge in [0, 0.05) is 31.3 Å². The number of pyridine rings is 1. The van der Waals surface area contributed by atoms with Crippen LogP contribution in [0.1, 0.15) is 30.4 Å². The number of nitrogens with zero attached hydrogens (tertiary/aromatic N) is 2. The van der Waals surface area contributed by atoms with Crippen molar-refractivity contribution in [1.82, 2.24) is 15.0 Å². The maximum Gasteiger partial charge on any atom is 0.251 e. The highest BCUT2D eigenvalue weighted by Gasteiger charge is 2.02. The Balaban J connectivity index is 2.24. The van der Waals surface area contributed by atoms with Crippen molar-refractivity contribution < 1.29 is 0 Å². The van der Waals surface area contributed by atoms with Crippen LogP contribution in [-0.2, 0) is 12.8 Å². The van der Waals surface area contributed by atoms with Crippen molar-refractivity contribution in [1.29, 1.82) is 0 Å². The van der Waals surface area contributed by atoms with E-state index in [1.807, 2.05) is 12.1 Å². The zero-order chi connectivity index (χ0) is 12.1. The van der Waals surface area contributed by atoms with Gasteiger partial charge in [-0.1, -0.05) is 13.0 Å². The van der Waals surface area contributed by atoms with Crippen molar-refractivity contribution in [2.24, 2.45) is 0 Å². The third-order valence-electron chi connectivity index (χ3n) is 2.44. The van der Waals surface area contributed by atoms with Crippen LogP contribution in [0, 0.1) is 0 Å². The summed E-state index contributed by atoms with van der Waals surface area (Å²) in [7, 11) is 0. The molecular formula is C13H15N3O. The fraction of sp³-hybridized carbons (Fsp3) is 0.308. The Morgan fingerprint density at radius 1 is 1.41 bits per heavy atom. The Hall–Kier alpha value is -1.97. The van der Waals surface area contributed by atoms with Crippen LogP contribution in [0.15, 0.2) is 35.4 Å². The Morgan fingerprint density at radius 3 is 3.00 bits per heavy atom. The average Bonchev–Trinajstić information content (AvgIpc) is 2.30. The van der Waals surface area contributed by atoms with Gasteiger partial charge in [0.15, 0.2) is 0 Å². The minimum absolute atomic E-state index is 0.0812. The van der Waals surface area contributed by atoms with Crippen molar-refractivity contribution in [2.45, 2.75) is 26.2 Å². The molecule has 0 saturated carbocycles. The van der Waals surface area contributed by atoms with Crippen LogP contribution in [0.5, 0.6) is 0 Å². The quantitative estimate of drug-likeness (QED) is 0.868. The molecule has 88 valence electrons. The van der Waals surface area contributed by atoms with E-state index >= 15 is 0 Å². The first-order chi connectivity index (χ1) is 8.28. The number of hydrogen-bond donors (Lipinski definition) is 1. The number of nitrogens with one attached hydrogen (secondary N) is 1. The second-order valence-corrected chi connectivity index (χ2v) is 3.97. The van der Waals surface area contributed by atoms with Crippen molar-refractivity contribution in [3.8, 4) is 0 Å². The van der Waals surface area contributed by atoms with Crippen LogP contribution >= 0.6 is 0 Å². The van der Waals surface area contributed by atoms with Gasteiger partial charge in [0.2, 0.25) is 0 Å². The molecule has 0 saturated heterocycles. The van der Waals surface area contributed by atoms with Gasteiger partial charge in [-0.3, -0.25) is 9.78 Å². The van der Waals surface area contributed by atoms with Gasteiger partial charge in [0.1, 0.15) is 5.82 Å². The van der Waals surface area contributed by atoms with Gasteiger partial charge < -0.3 is 4.98 Å². The topological polar surface area (TPSA) is 58.6 Å². The molecule has 0 bridgehead atoms. The van der Waals surface area contributed by atoms with E-state index in [1.54, 1.807) is 18.5 Å². The molecule has 1 N–H and O–H groups in total. The molecule has 0 aromatic carbocycles. The molecule has 2 heterocycles. The molecule has 17 heavy (non-hydrogen) atoms. The molecule has 0 aliphatic rings. The number of aryl methyl sites for hydroxylation is 1. The highest BCUT2D eigenvalue weighted by atomic mass is 16.1. The molecule has 2 aromatic heterocycles. The van der Waals surface area contributed by atoms with Crippen LogP contribution in [-0.4, -0.2) is 15.0 Å². The summed E-state index contributed by atoms with van der Waals surface area (Å²) >= 11 is 0. The molecule has 2 aromatic rings. The monoisotopic (exact) mass is 229 g/mol. The van der Waals surface area contributed by atoms with Crippen molar-refractivity contribution in [2.75, 3.05) is 0 Å². The Labute approximate surface area is 99.8 Å². The Bertz CT molecular complexity index is 534. The third kappa shape index (κ3) is 3.24. The zero-order valence-electron chi connectivity index (χ0n) is 9.81. The summed E-state index contributed by atoms with van der Waals surface area (Å²) in [4.78, 5) is 22.7. The van der Waals surface area contributed by atoms with E-state index < -0.39 is 0 Å². The normalized spacial score (nSPS) is 10.4. The Kier molecular flexibility index (Phi) is 3.65. The number of hydrogen-bond acceptors (Lipinski definition) is 3. The molecule has 0 aliphatic carbocycles. The number of H-pyrrole nitrogens is 1. The fourth-order valence-corrected chi connectivity index (χ4v) is 1.72. The highest BCUT2D eigenvalue weighted by Crippen LogP contribution is 2.04. The van der Waals surface area contributed by atoms with E-state index in [9.17, 15) is 4.79 Å². The van der Waals surface area contributed by atoms with Crippen LogP contribution in [0.2, 0.25) is 0 Å². The summed E-state index contributed by atoms with van der Waals surface area (Å²) in [6.07, 6.45) is 5.95. The average molecular weight is 229 g/mol. The molecule has 0 amide bonds. The Morgan fingerprint density at radius 2 is 2.29 bits per heavy atom. The van der Waals surface area contributed by atoms with E-state index in [0.29, 0.717) is 6.42 Å². The predicted octanol–water partition coefficient (Wildman–Crippen LogP) is 1.71. The van der Waals surface area contributed by atoms with Gasteiger partial charge >= 0.3 is 0 Å². The third-order valence-corrected chi connectivity index (χ3v) is 2.44. The maximum absolute atomic E-state index is 11.5. The van der Waals surface area contributed by atoms with Gasteiger partial charge in [0.05, 0.1) is 5.69 Å². The lowest BCUT2D eigenvalue weighted by atomic mass is 10.1. The molecule has 2 rings (SSSR count). The van der Waals surface area contributed by atoms with Crippen molar-refractivity contribution in [3.63, 3.8) is 0 Å². The van der Waals surface area contributed by atoms with E-state index in [2.05, 4.69) is 21.9 Å². The van der Waals surface area contributed by atoms with E-state index in [-0.39, 0.29) is 5.56 Å². The predicted molar refractivity (Wildman–Crippen MR) is 65.9 cm³/mol. The number of rotatable bonds is 4. The smallest absolute Gasteiger partial charge is 0.251 e. The number of aromatic nitrogens is 3. The first kappa shape index (κ1) is 11.5. The van der Waals surface area contributed by atoms with Gasteiger partial charge in [-0.25, -0.2) is 4.98 Å². The van der Waals surface area contributed by atoms with Gasteiger partial charge in [0.25, 0.3) is 5.56 Å². The highest BCUT2D eigenvalue weighted by molar-refractivity contribution is 5.17. The van der Waals surface area contributed by atoms with Gasteiger partial charge in [-0.2, -0.15) is 0 Å². The standard InChI is InChI=1S/C13H15N3O/c1-2-4-12-15-11(8-13(17)16-12)7-10-5-3-6-14-9-10/h3,5-6,8-9H,2,4,7H2,1H3,(H,15,16,17). The summed E-state index contributed by atoms with van der Waals surface area (Å²) in [5, 5.41) is 0. The molecular weight excluding hydrogens is 214 g/mol. The largest absolute Gasteiger partial charge is 0.311 e. The summed E-state index contributed by atoms with van der Waals surface area (Å²) in [6, 6.07) is 5.41. The van der Waals surface area contributed by atoms with Crippen LogP contribution in [0.4, 0.5) is 0 Å². The maximum atomic E-state index is 11.5. The lowest BCUT2D eigenvalue weighted by Gasteiger charge is -2.03. The molecule has 4 nitrogen and oxygen atoms in total. The first-order valence-electron chi connectivity index (χ1n) is 5.76. The van der Waals surface area contributed by atoms with E-state index in [4.69, 9.17) is 0 Å². The summed E-state index contributed by atoms with van der Waals surface area (Å²) in [5.74, 6) is 0.763. The summed E-state index contributed by atoms with van der Waals surface area (Å²) < 4.78 is 0. The lowest BCUT2D eigenvalue weighted by molar-refractivity contribution is 0.807. The first-order valence-corrected chi connectivity index (χ1v) is 5.76. The van der Waals surface area contributed by atoms with Crippen LogP contribution in [0.25, 0.3) is 0 Å². The second kappa shape index (κ2) is 5.39. The van der Waals surface area contributed by atoms with Crippen LogP contribution < -0.4 is 5.56 Å². The lowest BCUT2D eigenvalue weighted by Crippen LogP contribution is -2.13. The SMILES string of the molecule is CCCc1nc(Cc2cccnc2)cc(=O)[nH]1. The minimum Gasteiger partial charge on any atom is -0.311 e. The second-order valence-electron chi connectivity index (χ2n) is 3.97. The minimum atomic E-state index is -0.0812. The van der Waals surface area contributed by atoms with Crippen LogP contribution in [0.3, 0.4) is 0 Å². The van der Waals surface area contributed by atoms with E-state index in [0.717, 1.165) is 29.9 Å².